The number of rotatable bonds is 3. The number of unbranched alkanes of at least 4 members (excludes halogenated alkanes) is 1. The van der Waals surface area contributed by atoms with Crippen LogP contribution >= 0.6 is 0 Å². The normalized spacial score (nSPS) is 10.4. The van der Waals surface area contributed by atoms with Gasteiger partial charge in [-0.15, -0.1) is 0 Å². The third-order valence-corrected chi connectivity index (χ3v) is 2.57. The zero-order chi connectivity index (χ0) is 11.4. The predicted molar refractivity (Wildman–Crippen MR) is 58.1 cm³/mol. The molecule has 0 aromatic carbocycles. The Labute approximate surface area is 90.2 Å². The Morgan fingerprint density at radius 2 is 2.13 bits per heavy atom. The van der Waals surface area contributed by atoms with E-state index in [4.69, 9.17) is 0 Å². The summed E-state index contributed by atoms with van der Waals surface area (Å²) >= 11 is 0. The van der Waals surface area contributed by atoms with Crippen LogP contribution in [0.25, 0.3) is 0 Å². The monoisotopic (exact) mass is 210 g/mol. The molecule has 0 spiro atoms. The van der Waals surface area contributed by atoms with Gasteiger partial charge in [-0.25, -0.2) is 4.79 Å². The zero-order valence-electron chi connectivity index (χ0n) is 9.83. The molecule has 4 nitrogen and oxygen atoms in total. The Bertz CT molecular complexity index is 356. The van der Waals surface area contributed by atoms with Gasteiger partial charge in [0, 0.05) is 0 Å². The Hall–Kier alpha value is -1.32. The molecule has 0 bridgehead atoms. The number of ether oxygens (including phenoxy) is 1. The lowest BCUT2D eigenvalue weighted by molar-refractivity contribution is 0.168. The van der Waals surface area contributed by atoms with Crippen molar-refractivity contribution in [1.29, 1.82) is 0 Å². The smallest absolute Gasteiger partial charge is 0.434 e. The van der Waals surface area contributed by atoms with Gasteiger partial charge in [0.2, 0.25) is 0 Å². The van der Waals surface area contributed by atoms with E-state index < -0.39 is 6.09 Å². The molecule has 0 saturated heterocycles. The summed E-state index contributed by atoms with van der Waals surface area (Å²) in [6.45, 7) is 5.98. The second-order valence-electron chi connectivity index (χ2n) is 3.63. The summed E-state index contributed by atoms with van der Waals surface area (Å²) in [4.78, 5) is 11.4. The molecule has 0 radical (unpaired) electrons. The lowest BCUT2D eigenvalue weighted by atomic mass is 10.1. The first-order chi connectivity index (χ1) is 7.11. The maximum Gasteiger partial charge on any atom is 0.434 e. The van der Waals surface area contributed by atoms with E-state index in [0.29, 0.717) is 0 Å². The van der Waals surface area contributed by atoms with E-state index in [1.165, 1.54) is 17.4 Å². The largest absolute Gasteiger partial charge is 0.451 e. The molecule has 0 unspecified atom stereocenters. The fourth-order valence-electron chi connectivity index (χ4n) is 1.65. The lowest BCUT2D eigenvalue weighted by Gasteiger charge is -2.02. The first-order valence-corrected chi connectivity index (χ1v) is 5.25. The van der Waals surface area contributed by atoms with Gasteiger partial charge in [-0.1, -0.05) is 13.3 Å². The third-order valence-electron chi connectivity index (χ3n) is 2.57. The second kappa shape index (κ2) is 4.96. The van der Waals surface area contributed by atoms with Crippen molar-refractivity contribution in [1.82, 2.24) is 9.78 Å². The first kappa shape index (κ1) is 11.8. The summed E-state index contributed by atoms with van der Waals surface area (Å²) in [5.74, 6) is 0. The van der Waals surface area contributed by atoms with Crippen LogP contribution in [0, 0.1) is 13.8 Å². The number of aryl methyl sites for hydroxylation is 1. The first-order valence-electron chi connectivity index (χ1n) is 5.25. The summed E-state index contributed by atoms with van der Waals surface area (Å²) in [6, 6.07) is 0. The molecule has 15 heavy (non-hydrogen) atoms. The molecule has 84 valence electrons. The van der Waals surface area contributed by atoms with E-state index in [9.17, 15) is 4.79 Å². The second-order valence-corrected chi connectivity index (χ2v) is 3.63. The molecule has 0 amide bonds. The predicted octanol–water partition coefficient (Wildman–Crippen LogP) is 2.46. The molecule has 0 aliphatic carbocycles. The highest BCUT2D eigenvalue weighted by Gasteiger charge is 2.15. The van der Waals surface area contributed by atoms with Gasteiger partial charge in [-0.05, 0) is 32.3 Å². The van der Waals surface area contributed by atoms with Crippen LogP contribution in [0.15, 0.2) is 0 Å². The quantitative estimate of drug-likeness (QED) is 0.769. The Morgan fingerprint density at radius 1 is 1.47 bits per heavy atom. The van der Waals surface area contributed by atoms with Crippen LogP contribution in [-0.2, 0) is 11.2 Å². The fraction of sp³-hybridized carbons (Fsp3) is 0.636. The summed E-state index contributed by atoms with van der Waals surface area (Å²) in [6.07, 6.45) is 2.82. The van der Waals surface area contributed by atoms with Gasteiger partial charge < -0.3 is 4.74 Å². The minimum atomic E-state index is -0.418. The molecule has 1 rings (SSSR count). The average Bonchev–Trinajstić information content (AvgIpc) is 2.51. The number of nitrogens with zero attached hydrogens (tertiary/aromatic N) is 2. The molecule has 1 aromatic heterocycles. The van der Waals surface area contributed by atoms with Gasteiger partial charge in [-0.3, -0.25) is 0 Å². The van der Waals surface area contributed by atoms with Crippen LogP contribution in [-0.4, -0.2) is 23.0 Å². The van der Waals surface area contributed by atoms with Gasteiger partial charge in [0.25, 0.3) is 0 Å². The molecule has 0 aliphatic rings. The summed E-state index contributed by atoms with van der Waals surface area (Å²) in [5.41, 5.74) is 2.99. The average molecular weight is 210 g/mol. The van der Waals surface area contributed by atoms with Crippen LogP contribution in [0.5, 0.6) is 0 Å². The van der Waals surface area contributed by atoms with Crippen molar-refractivity contribution in [2.45, 2.75) is 40.0 Å². The Balaban J connectivity index is 2.98. The molecular weight excluding hydrogens is 192 g/mol. The number of hydrogen-bond acceptors (Lipinski definition) is 3. The van der Waals surface area contributed by atoms with Gasteiger partial charge in [0.15, 0.2) is 0 Å². The van der Waals surface area contributed by atoms with Crippen LogP contribution in [0.1, 0.15) is 36.7 Å². The van der Waals surface area contributed by atoms with Crippen molar-refractivity contribution >= 4 is 6.09 Å². The van der Waals surface area contributed by atoms with Crippen LogP contribution in [0.2, 0.25) is 0 Å². The highest BCUT2D eigenvalue weighted by atomic mass is 16.5. The summed E-state index contributed by atoms with van der Waals surface area (Å²) in [7, 11) is 1.37. The van der Waals surface area contributed by atoms with Crippen molar-refractivity contribution in [2.24, 2.45) is 0 Å². The van der Waals surface area contributed by atoms with Crippen molar-refractivity contribution in [3.05, 3.63) is 17.0 Å². The van der Waals surface area contributed by atoms with Crippen molar-refractivity contribution in [3.63, 3.8) is 0 Å². The van der Waals surface area contributed by atoms with E-state index in [0.717, 1.165) is 30.7 Å². The minimum absolute atomic E-state index is 0.418. The number of aromatic nitrogens is 2. The number of methoxy groups -OCH3 is 1. The van der Waals surface area contributed by atoms with Gasteiger partial charge >= 0.3 is 6.09 Å². The van der Waals surface area contributed by atoms with Crippen molar-refractivity contribution in [3.8, 4) is 0 Å². The van der Waals surface area contributed by atoms with Gasteiger partial charge in [-0.2, -0.15) is 9.78 Å². The van der Waals surface area contributed by atoms with Crippen molar-refractivity contribution in [2.75, 3.05) is 7.11 Å². The maximum absolute atomic E-state index is 11.4. The number of carbonyl (C=O) groups is 1. The fourth-order valence-corrected chi connectivity index (χ4v) is 1.65. The highest BCUT2D eigenvalue weighted by molar-refractivity contribution is 5.70. The Morgan fingerprint density at radius 3 is 2.67 bits per heavy atom. The van der Waals surface area contributed by atoms with E-state index >= 15 is 0 Å². The van der Waals surface area contributed by atoms with E-state index in [-0.39, 0.29) is 0 Å². The van der Waals surface area contributed by atoms with E-state index in [1.54, 1.807) is 0 Å². The number of hydrogen-bond donors (Lipinski definition) is 0. The molecule has 0 atom stereocenters. The number of carbonyl (C=O) groups excluding carboxylic acids is 1. The van der Waals surface area contributed by atoms with E-state index in [2.05, 4.69) is 16.8 Å². The van der Waals surface area contributed by atoms with Gasteiger partial charge in [0.1, 0.15) is 0 Å². The van der Waals surface area contributed by atoms with E-state index in [1.807, 2.05) is 13.8 Å². The Kier molecular flexibility index (Phi) is 3.88. The highest BCUT2D eigenvalue weighted by Crippen LogP contribution is 2.15. The zero-order valence-corrected chi connectivity index (χ0v) is 9.83. The third kappa shape index (κ3) is 2.37. The standard InChI is InChI=1S/C11H18N2O2/c1-5-6-7-10-8(2)12-13(9(10)3)11(14)15-4/h5-7H2,1-4H3. The topological polar surface area (TPSA) is 44.1 Å². The molecule has 0 fully saturated rings. The van der Waals surface area contributed by atoms with Crippen LogP contribution in [0.4, 0.5) is 4.79 Å². The summed E-state index contributed by atoms with van der Waals surface area (Å²) < 4.78 is 5.99. The van der Waals surface area contributed by atoms with Crippen LogP contribution in [0.3, 0.4) is 0 Å². The lowest BCUT2D eigenvalue weighted by Crippen LogP contribution is -2.14. The maximum atomic E-state index is 11.4. The molecular formula is C11H18N2O2. The molecule has 1 aromatic rings. The molecule has 0 saturated carbocycles. The molecule has 4 heteroatoms. The van der Waals surface area contributed by atoms with Crippen LogP contribution < -0.4 is 0 Å². The van der Waals surface area contributed by atoms with Crippen molar-refractivity contribution < 1.29 is 9.53 Å². The SMILES string of the molecule is CCCCc1c(C)nn(C(=O)OC)c1C. The van der Waals surface area contributed by atoms with Gasteiger partial charge in [0.05, 0.1) is 18.5 Å². The molecule has 1 heterocycles. The summed E-state index contributed by atoms with van der Waals surface area (Å²) in [5, 5.41) is 4.18. The molecule has 0 N–H and O–H groups in total. The molecule has 0 aliphatic heterocycles. The minimum Gasteiger partial charge on any atom is -0.451 e.